The standard InChI is InChI=1S/C44H54Br2O12/c45-43-35-7-5-9-37(43)33-53-21-17-49-25-29-57-41-13-3-4-14-42(41)58-30-26-50-18-22-54-34-38-10-6-8-36(44(38)46)32-52-20-16-48-24-28-56-40-12-2-1-11-39(40)55-27-23-47-15-19-51-31-35/h1-14H,15-34H2. The normalized spacial score (nSPS) is 17.8. The zero-order valence-electron chi connectivity index (χ0n) is 32.9. The molecule has 0 N–H and O–H groups in total. The van der Waals surface area contributed by atoms with E-state index in [1.807, 2.05) is 84.9 Å². The summed E-state index contributed by atoms with van der Waals surface area (Å²) in [5.74, 6) is 2.61. The first-order valence-corrected chi connectivity index (χ1v) is 21.1. The van der Waals surface area contributed by atoms with Gasteiger partial charge in [-0.15, -0.1) is 0 Å². The summed E-state index contributed by atoms with van der Waals surface area (Å²) in [6.45, 7) is 8.57. The van der Waals surface area contributed by atoms with E-state index in [0.29, 0.717) is 155 Å². The van der Waals surface area contributed by atoms with Crippen molar-refractivity contribution in [2.75, 3.05) is 106 Å². The molecule has 0 saturated heterocycles. The van der Waals surface area contributed by atoms with Gasteiger partial charge in [0.25, 0.3) is 0 Å². The average molecular weight is 935 g/mol. The van der Waals surface area contributed by atoms with Crippen LogP contribution in [0.5, 0.6) is 23.0 Å². The minimum Gasteiger partial charge on any atom is -0.487 e. The van der Waals surface area contributed by atoms with Gasteiger partial charge in [-0.1, -0.05) is 92.5 Å². The largest absolute Gasteiger partial charge is 0.487 e. The Hall–Kier alpha value is -3.28. The van der Waals surface area contributed by atoms with Crippen molar-refractivity contribution < 1.29 is 56.8 Å². The highest BCUT2D eigenvalue weighted by molar-refractivity contribution is 9.10. The molecule has 58 heavy (non-hydrogen) atoms. The van der Waals surface area contributed by atoms with Crippen molar-refractivity contribution in [3.63, 3.8) is 0 Å². The molecule has 12 nitrogen and oxygen atoms in total. The lowest BCUT2D eigenvalue weighted by atomic mass is 10.1. The summed E-state index contributed by atoms with van der Waals surface area (Å²) in [4.78, 5) is 0. The first-order chi connectivity index (χ1) is 28.7. The molecule has 4 bridgehead atoms. The number of ether oxygens (including phenoxy) is 12. The van der Waals surface area contributed by atoms with Gasteiger partial charge in [-0.2, -0.15) is 0 Å². The first-order valence-electron chi connectivity index (χ1n) is 19.5. The molecule has 0 fully saturated rings. The molecular weight excluding hydrogens is 880 g/mol. The smallest absolute Gasteiger partial charge is 0.161 e. The summed E-state index contributed by atoms with van der Waals surface area (Å²) >= 11 is 7.43. The van der Waals surface area contributed by atoms with Gasteiger partial charge in [-0.05, 0) is 46.5 Å². The second kappa shape index (κ2) is 28.2. The number of halogens is 2. The van der Waals surface area contributed by atoms with Crippen LogP contribution >= 0.6 is 31.9 Å². The second-order valence-electron chi connectivity index (χ2n) is 12.7. The van der Waals surface area contributed by atoms with Crippen LogP contribution in [0.15, 0.2) is 93.9 Å². The van der Waals surface area contributed by atoms with Gasteiger partial charge in [0.15, 0.2) is 23.0 Å². The second-order valence-corrected chi connectivity index (χ2v) is 14.3. The molecule has 316 valence electrons. The maximum atomic E-state index is 5.93. The van der Waals surface area contributed by atoms with E-state index < -0.39 is 0 Å². The van der Waals surface area contributed by atoms with E-state index in [0.717, 1.165) is 31.2 Å². The molecule has 1 aliphatic heterocycles. The van der Waals surface area contributed by atoms with Crippen LogP contribution < -0.4 is 18.9 Å². The third-order valence-electron chi connectivity index (χ3n) is 8.47. The highest BCUT2D eigenvalue weighted by Gasteiger charge is 2.10. The molecule has 0 radical (unpaired) electrons. The fourth-order valence-electron chi connectivity index (χ4n) is 5.54. The van der Waals surface area contributed by atoms with Crippen LogP contribution in [-0.2, 0) is 64.3 Å². The summed E-state index contributed by atoms with van der Waals surface area (Å²) in [7, 11) is 0. The Kier molecular flexibility index (Phi) is 22.3. The van der Waals surface area contributed by atoms with Gasteiger partial charge in [-0.3, -0.25) is 0 Å². The number of fused-ring (bicyclic) bond motifs is 6. The highest BCUT2D eigenvalue weighted by atomic mass is 79.9. The maximum absolute atomic E-state index is 5.93. The van der Waals surface area contributed by atoms with Crippen LogP contribution in [0.4, 0.5) is 0 Å². The molecule has 14 heteroatoms. The van der Waals surface area contributed by atoms with Crippen molar-refractivity contribution in [1.29, 1.82) is 0 Å². The lowest BCUT2D eigenvalue weighted by Gasteiger charge is -2.14. The Labute approximate surface area is 358 Å². The third-order valence-corrected chi connectivity index (χ3v) is 10.5. The zero-order valence-corrected chi connectivity index (χ0v) is 36.1. The van der Waals surface area contributed by atoms with Crippen molar-refractivity contribution in [2.45, 2.75) is 26.4 Å². The molecule has 1 aliphatic rings. The molecule has 0 unspecified atom stereocenters. The summed E-state index contributed by atoms with van der Waals surface area (Å²) in [5.41, 5.74) is 4.15. The molecule has 0 aromatic heterocycles. The predicted octanol–water partition coefficient (Wildman–Crippen LogP) is 7.97. The fraction of sp³-hybridized carbons (Fsp3) is 0.455. The molecule has 5 rings (SSSR count). The molecular formula is C44H54Br2O12. The SMILES string of the molecule is Brc1c2cccc1COCCOCCOc1ccccc1OCCOCCOCc1cccc(c1Br)COCCOCCOc1ccccc1OCCOCCOC2. The number of hydrogen-bond acceptors (Lipinski definition) is 12. The van der Waals surface area contributed by atoms with Gasteiger partial charge in [0.05, 0.1) is 106 Å². The van der Waals surface area contributed by atoms with Crippen molar-refractivity contribution in [3.05, 3.63) is 116 Å². The van der Waals surface area contributed by atoms with Gasteiger partial charge in [0.2, 0.25) is 0 Å². The van der Waals surface area contributed by atoms with E-state index >= 15 is 0 Å². The fourth-order valence-corrected chi connectivity index (χ4v) is 6.53. The zero-order chi connectivity index (χ0) is 40.3. The van der Waals surface area contributed by atoms with Crippen molar-refractivity contribution in [2.24, 2.45) is 0 Å². The number of hydrogen-bond donors (Lipinski definition) is 0. The Morgan fingerprint density at radius 3 is 0.741 bits per heavy atom. The number of rotatable bonds is 0. The number of para-hydroxylation sites is 4. The van der Waals surface area contributed by atoms with E-state index in [2.05, 4.69) is 31.9 Å². The van der Waals surface area contributed by atoms with Crippen molar-refractivity contribution >= 4 is 31.9 Å². The topological polar surface area (TPSA) is 111 Å². The first kappa shape index (κ1) is 45.8. The van der Waals surface area contributed by atoms with E-state index in [1.165, 1.54) is 0 Å². The number of benzene rings is 4. The van der Waals surface area contributed by atoms with E-state index in [1.54, 1.807) is 0 Å². The van der Waals surface area contributed by atoms with Gasteiger partial charge < -0.3 is 56.8 Å². The lowest BCUT2D eigenvalue weighted by Crippen LogP contribution is -2.13. The Morgan fingerprint density at radius 1 is 0.259 bits per heavy atom. The summed E-state index contributed by atoms with van der Waals surface area (Å²) in [6, 6.07) is 27.2. The van der Waals surface area contributed by atoms with Crippen LogP contribution in [0.25, 0.3) is 0 Å². The van der Waals surface area contributed by atoms with Gasteiger partial charge >= 0.3 is 0 Å². The molecule has 0 aliphatic carbocycles. The molecule has 4 aromatic carbocycles. The van der Waals surface area contributed by atoms with Crippen molar-refractivity contribution in [3.8, 4) is 23.0 Å². The predicted molar refractivity (Wildman–Crippen MR) is 225 cm³/mol. The minimum absolute atomic E-state index is 0.381. The van der Waals surface area contributed by atoms with Crippen LogP contribution in [0.3, 0.4) is 0 Å². The summed E-state index contributed by atoms with van der Waals surface area (Å²) in [6.07, 6.45) is 0. The molecule has 0 atom stereocenters. The van der Waals surface area contributed by atoms with Gasteiger partial charge in [-0.25, -0.2) is 0 Å². The van der Waals surface area contributed by atoms with Crippen LogP contribution in [0, 0.1) is 0 Å². The third kappa shape index (κ3) is 17.1. The van der Waals surface area contributed by atoms with Crippen LogP contribution in [0.1, 0.15) is 22.3 Å². The Bertz CT molecular complexity index is 1490. The molecule has 0 saturated carbocycles. The van der Waals surface area contributed by atoms with Gasteiger partial charge in [0.1, 0.15) is 26.4 Å². The van der Waals surface area contributed by atoms with Crippen molar-refractivity contribution in [1.82, 2.24) is 0 Å². The highest BCUT2D eigenvalue weighted by Crippen LogP contribution is 2.28. The molecule has 1 heterocycles. The van der Waals surface area contributed by atoms with Gasteiger partial charge in [0, 0.05) is 8.95 Å². The minimum atomic E-state index is 0.381. The van der Waals surface area contributed by atoms with Crippen LogP contribution in [-0.4, -0.2) is 106 Å². The monoisotopic (exact) mass is 932 g/mol. The lowest BCUT2D eigenvalue weighted by molar-refractivity contribution is 0.0258. The maximum Gasteiger partial charge on any atom is 0.161 e. The van der Waals surface area contributed by atoms with E-state index in [4.69, 9.17) is 56.8 Å². The molecule has 4 aromatic rings. The molecule has 0 spiro atoms. The summed E-state index contributed by atoms with van der Waals surface area (Å²) in [5, 5.41) is 0. The van der Waals surface area contributed by atoms with E-state index in [9.17, 15) is 0 Å². The average Bonchev–Trinajstić information content (AvgIpc) is 3.24. The Balaban J connectivity index is 1.06. The van der Waals surface area contributed by atoms with Crippen LogP contribution in [0.2, 0.25) is 0 Å². The summed E-state index contributed by atoms with van der Waals surface area (Å²) < 4.78 is 72.2. The molecule has 0 amide bonds. The van der Waals surface area contributed by atoms with E-state index in [-0.39, 0.29) is 0 Å². The Morgan fingerprint density at radius 2 is 0.483 bits per heavy atom. The quantitative estimate of drug-likeness (QED) is 0.171.